The molecule has 0 bridgehead atoms. The molecule has 0 aromatic carbocycles. The van der Waals surface area contributed by atoms with Crippen LogP contribution in [0.25, 0.3) is 6.20 Å². The third-order valence-corrected chi connectivity index (χ3v) is 4.39. The number of allylic oxidation sites excluding steroid dienone is 4. The Labute approximate surface area is 144 Å². The first kappa shape index (κ1) is 16.3. The fraction of sp³-hybridized carbons (Fsp3) is 0.235. The number of carbonyl (C=O) groups excluding carboxylic acids is 1. The number of amides is 2. The predicted octanol–water partition coefficient (Wildman–Crippen LogP) is 1.95. The van der Waals surface area contributed by atoms with Crippen LogP contribution in [0, 0.1) is 6.92 Å². The molecule has 3 aliphatic rings. The van der Waals surface area contributed by atoms with Crippen molar-refractivity contribution in [1.82, 2.24) is 20.2 Å². The summed E-state index contributed by atoms with van der Waals surface area (Å²) in [5.41, 5.74) is 2.00. The Bertz CT molecular complexity index is 820. The molecule has 7 heteroatoms. The molecule has 2 amide bonds. The number of carbonyl (C=O) groups is 1. The van der Waals surface area contributed by atoms with Crippen molar-refractivity contribution in [1.29, 1.82) is 0 Å². The molecule has 1 aliphatic carbocycles. The Morgan fingerprint density at radius 3 is 3.04 bits per heavy atom. The molecule has 24 heavy (non-hydrogen) atoms. The minimum Gasteiger partial charge on any atom is -0.334 e. The lowest BCUT2D eigenvalue weighted by atomic mass is 10.1. The van der Waals surface area contributed by atoms with Crippen LogP contribution in [0.3, 0.4) is 0 Å². The molecule has 1 aromatic rings. The Morgan fingerprint density at radius 2 is 2.17 bits per heavy atom. The van der Waals surface area contributed by atoms with Crippen LogP contribution in [0.1, 0.15) is 11.5 Å². The Hall–Kier alpha value is -2.54. The normalized spacial score (nSPS) is 20.5. The summed E-state index contributed by atoms with van der Waals surface area (Å²) in [6.07, 6.45) is 11.6. The summed E-state index contributed by atoms with van der Waals surface area (Å²) in [7, 11) is 0. The van der Waals surface area contributed by atoms with E-state index in [1.54, 1.807) is 28.6 Å². The van der Waals surface area contributed by atoms with Crippen molar-refractivity contribution in [2.75, 3.05) is 6.54 Å². The van der Waals surface area contributed by atoms with Gasteiger partial charge in [-0.2, -0.15) is 0 Å². The summed E-state index contributed by atoms with van der Waals surface area (Å²) in [6, 6.07) is 1.53. The Kier molecular flexibility index (Phi) is 5.00. The van der Waals surface area contributed by atoms with Gasteiger partial charge in [-0.05, 0) is 17.9 Å². The van der Waals surface area contributed by atoms with Crippen molar-refractivity contribution in [2.24, 2.45) is 0 Å². The van der Waals surface area contributed by atoms with Gasteiger partial charge in [-0.3, -0.25) is 9.36 Å². The van der Waals surface area contributed by atoms with E-state index in [-0.39, 0.29) is 17.6 Å². The minimum atomic E-state index is -0.0938. The van der Waals surface area contributed by atoms with Gasteiger partial charge in [-0.15, -0.1) is 11.8 Å². The molecule has 1 saturated heterocycles. The third kappa shape index (κ3) is 3.86. The van der Waals surface area contributed by atoms with E-state index in [9.17, 15) is 9.59 Å². The summed E-state index contributed by atoms with van der Waals surface area (Å²) in [5.74, 6) is 1.63. The number of aryl methyl sites for hydroxylation is 1. The number of thioether (sulfide) groups is 1. The number of nitrogens with one attached hydrogen (secondary N) is 2. The highest BCUT2D eigenvalue weighted by Crippen LogP contribution is 2.16. The van der Waals surface area contributed by atoms with Crippen molar-refractivity contribution >= 4 is 24.0 Å². The number of fused-ring (bicyclic) bond motifs is 2. The zero-order valence-electron chi connectivity index (χ0n) is 13.2. The van der Waals surface area contributed by atoms with Crippen LogP contribution >= 0.6 is 11.8 Å². The van der Waals surface area contributed by atoms with Crippen LogP contribution in [-0.4, -0.2) is 28.2 Å². The number of nitrogens with zero attached hydrogens (tertiary/aromatic N) is 2. The van der Waals surface area contributed by atoms with Gasteiger partial charge in [0, 0.05) is 24.5 Å². The molecule has 1 unspecified atom stereocenters. The minimum absolute atomic E-state index is 0.00838. The van der Waals surface area contributed by atoms with Crippen LogP contribution in [0.4, 0.5) is 4.79 Å². The Balaban J connectivity index is 0.000000141. The van der Waals surface area contributed by atoms with E-state index in [1.165, 1.54) is 5.57 Å². The molecule has 124 valence electrons. The van der Waals surface area contributed by atoms with E-state index < -0.39 is 0 Å². The molecule has 1 atom stereocenters. The molecule has 4 rings (SSSR count). The zero-order valence-corrected chi connectivity index (χ0v) is 14.0. The van der Waals surface area contributed by atoms with Crippen molar-refractivity contribution < 1.29 is 4.79 Å². The first-order chi connectivity index (χ1) is 11.6. The summed E-state index contributed by atoms with van der Waals surface area (Å²) < 4.78 is 1.59. The standard InChI is InChI=1S/C9H10N2O.C8H8N2OS/c12-9-10-6-7-4-2-1-3-5-8(7)11-9;1-6-4-8(11)10-2-3-12-5-7(10)9-6/h1-5,8H,6H2,(H2,10,11,12);2-4H,5H2,1H3. The maximum atomic E-state index is 11.3. The largest absolute Gasteiger partial charge is 0.334 e. The van der Waals surface area contributed by atoms with Crippen molar-refractivity contribution in [3.63, 3.8) is 0 Å². The molecule has 0 spiro atoms. The summed E-state index contributed by atoms with van der Waals surface area (Å²) in [6.45, 7) is 2.48. The molecule has 0 radical (unpaired) electrons. The molecule has 6 nitrogen and oxygen atoms in total. The maximum absolute atomic E-state index is 11.3. The lowest BCUT2D eigenvalue weighted by molar-refractivity contribution is 0.237. The molecular formula is C17H18N4O2S. The fourth-order valence-electron chi connectivity index (χ4n) is 2.48. The smallest absolute Gasteiger partial charge is 0.315 e. The zero-order chi connectivity index (χ0) is 16.9. The number of hydrogen-bond donors (Lipinski definition) is 2. The molecular weight excluding hydrogens is 324 g/mol. The van der Waals surface area contributed by atoms with Gasteiger partial charge in [0.05, 0.1) is 11.8 Å². The third-order valence-electron chi connectivity index (χ3n) is 3.65. The van der Waals surface area contributed by atoms with Crippen LogP contribution in [0.15, 0.2) is 52.2 Å². The van der Waals surface area contributed by atoms with Gasteiger partial charge in [0.15, 0.2) is 0 Å². The number of aromatic nitrogens is 2. The van der Waals surface area contributed by atoms with Gasteiger partial charge in [0.1, 0.15) is 5.82 Å². The number of hydrogen-bond acceptors (Lipinski definition) is 4. The average Bonchev–Trinajstić information content (AvgIpc) is 2.80. The molecule has 1 aromatic heterocycles. The molecule has 3 heterocycles. The topological polar surface area (TPSA) is 76.0 Å². The summed E-state index contributed by atoms with van der Waals surface area (Å²) in [4.78, 5) is 26.5. The highest BCUT2D eigenvalue weighted by Gasteiger charge is 2.19. The van der Waals surface area contributed by atoms with E-state index in [0.29, 0.717) is 6.54 Å². The predicted molar refractivity (Wildman–Crippen MR) is 96.5 cm³/mol. The Morgan fingerprint density at radius 1 is 1.29 bits per heavy atom. The average molecular weight is 342 g/mol. The second-order valence-electron chi connectivity index (χ2n) is 5.43. The molecule has 2 aliphatic heterocycles. The fourth-order valence-corrected chi connectivity index (χ4v) is 3.14. The van der Waals surface area contributed by atoms with E-state index >= 15 is 0 Å². The first-order valence-electron chi connectivity index (χ1n) is 7.59. The van der Waals surface area contributed by atoms with Gasteiger partial charge in [0.25, 0.3) is 5.56 Å². The van der Waals surface area contributed by atoms with Gasteiger partial charge in [0.2, 0.25) is 0 Å². The SMILES string of the molecule is Cc1cc(=O)n2c(n1)CSC=C2.O=C1NCC2=CC=CC=CC2N1. The van der Waals surface area contributed by atoms with E-state index in [1.807, 2.05) is 42.7 Å². The van der Waals surface area contributed by atoms with Crippen molar-refractivity contribution in [2.45, 2.75) is 18.7 Å². The first-order valence-corrected chi connectivity index (χ1v) is 8.64. The van der Waals surface area contributed by atoms with Crippen molar-refractivity contribution in [3.8, 4) is 0 Å². The second kappa shape index (κ2) is 7.35. The van der Waals surface area contributed by atoms with Gasteiger partial charge >= 0.3 is 6.03 Å². The van der Waals surface area contributed by atoms with E-state index in [0.717, 1.165) is 17.3 Å². The molecule has 2 N–H and O–H groups in total. The van der Waals surface area contributed by atoms with Crippen LogP contribution in [0.2, 0.25) is 0 Å². The van der Waals surface area contributed by atoms with E-state index in [2.05, 4.69) is 15.6 Å². The van der Waals surface area contributed by atoms with Crippen LogP contribution in [0.5, 0.6) is 0 Å². The van der Waals surface area contributed by atoms with E-state index in [4.69, 9.17) is 0 Å². The highest BCUT2D eigenvalue weighted by atomic mass is 32.2. The maximum Gasteiger partial charge on any atom is 0.315 e. The van der Waals surface area contributed by atoms with Crippen molar-refractivity contribution in [3.05, 3.63) is 69.3 Å². The molecule has 1 fully saturated rings. The van der Waals surface area contributed by atoms with Crippen LogP contribution < -0.4 is 16.2 Å². The summed E-state index contributed by atoms with van der Waals surface area (Å²) in [5, 5.41) is 7.44. The quantitative estimate of drug-likeness (QED) is 0.756. The van der Waals surface area contributed by atoms with Gasteiger partial charge < -0.3 is 10.6 Å². The van der Waals surface area contributed by atoms with Gasteiger partial charge in [-0.25, -0.2) is 9.78 Å². The lowest BCUT2D eigenvalue weighted by Gasteiger charge is -2.24. The second-order valence-corrected chi connectivity index (χ2v) is 6.33. The monoisotopic (exact) mass is 342 g/mol. The van der Waals surface area contributed by atoms with Gasteiger partial charge in [-0.1, -0.05) is 30.4 Å². The summed E-state index contributed by atoms with van der Waals surface area (Å²) >= 11 is 1.65. The van der Waals surface area contributed by atoms with Crippen LogP contribution in [-0.2, 0) is 5.75 Å². The number of urea groups is 1. The molecule has 0 saturated carbocycles. The highest BCUT2D eigenvalue weighted by molar-refractivity contribution is 8.01. The number of rotatable bonds is 0. The lowest BCUT2D eigenvalue weighted by Crippen LogP contribution is -2.49.